The Balaban J connectivity index is 2.94. The Morgan fingerprint density at radius 3 is 2.16 bits per heavy atom. The van der Waals surface area contributed by atoms with E-state index in [4.69, 9.17) is 5.73 Å². The van der Waals surface area contributed by atoms with Gasteiger partial charge in [0.05, 0.1) is 6.04 Å². The third-order valence-corrected chi connectivity index (χ3v) is 4.11. The van der Waals surface area contributed by atoms with Crippen LogP contribution in [0.1, 0.15) is 32.8 Å². The van der Waals surface area contributed by atoms with Crippen molar-refractivity contribution in [2.45, 2.75) is 51.7 Å². The summed E-state index contributed by atoms with van der Waals surface area (Å²) in [4.78, 5) is 36.0. The molecular weight excluding hydrogens is 322 g/mol. The standard InChI is InChI=1S/C18H27N3O4/c1-4-11(2)15(18(24)25)21-17(23)14(20-16(22)12(3)19)10-13-8-6-5-7-9-13/h5-9,11-12,14-15H,4,10,19H2,1-3H3,(H,20,22)(H,21,23)(H,24,25). The molecule has 2 amide bonds. The van der Waals surface area contributed by atoms with Gasteiger partial charge in [-0.2, -0.15) is 0 Å². The monoisotopic (exact) mass is 349 g/mol. The molecule has 0 aliphatic heterocycles. The summed E-state index contributed by atoms with van der Waals surface area (Å²) in [5.74, 6) is -2.33. The number of amides is 2. The van der Waals surface area contributed by atoms with Gasteiger partial charge in [-0.15, -0.1) is 0 Å². The zero-order valence-corrected chi connectivity index (χ0v) is 14.9. The molecule has 7 heteroatoms. The zero-order chi connectivity index (χ0) is 19.0. The Bertz CT molecular complexity index is 589. The molecule has 0 fully saturated rings. The molecule has 0 saturated carbocycles. The molecule has 4 unspecified atom stereocenters. The third-order valence-electron chi connectivity index (χ3n) is 4.11. The van der Waals surface area contributed by atoms with Crippen molar-refractivity contribution in [3.63, 3.8) is 0 Å². The first kappa shape index (κ1) is 20.6. The molecule has 0 aromatic heterocycles. The van der Waals surface area contributed by atoms with E-state index < -0.39 is 35.9 Å². The maximum atomic E-state index is 12.6. The van der Waals surface area contributed by atoms with Crippen LogP contribution in [-0.2, 0) is 20.8 Å². The Kier molecular flexibility index (Phi) is 8.07. The van der Waals surface area contributed by atoms with Gasteiger partial charge in [0.25, 0.3) is 0 Å². The molecule has 1 aromatic rings. The SMILES string of the molecule is CCC(C)C(NC(=O)C(Cc1ccccc1)NC(=O)C(C)N)C(=O)O. The van der Waals surface area contributed by atoms with Gasteiger partial charge in [-0.1, -0.05) is 50.6 Å². The number of carbonyl (C=O) groups is 3. The number of nitrogens with one attached hydrogen (secondary N) is 2. The van der Waals surface area contributed by atoms with E-state index >= 15 is 0 Å². The fourth-order valence-electron chi connectivity index (χ4n) is 2.30. The van der Waals surface area contributed by atoms with Crippen LogP contribution in [0, 0.1) is 5.92 Å². The molecule has 0 bridgehead atoms. The minimum Gasteiger partial charge on any atom is -0.480 e. The van der Waals surface area contributed by atoms with Crippen molar-refractivity contribution in [3.05, 3.63) is 35.9 Å². The van der Waals surface area contributed by atoms with Gasteiger partial charge in [-0.3, -0.25) is 9.59 Å². The summed E-state index contributed by atoms with van der Waals surface area (Å²) in [6.07, 6.45) is 0.852. The number of hydrogen-bond acceptors (Lipinski definition) is 4. The van der Waals surface area contributed by atoms with E-state index in [9.17, 15) is 19.5 Å². The minimum absolute atomic E-state index is 0.233. The number of benzene rings is 1. The normalized spacial score (nSPS) is 15.5. The van der Waals surface area contributed by atoms with Crippen LogP contribution in [0.2, 0.25) is 0 Å². The summed E-state index contributed by atoms with van der Waals surface area (Å²) >= 11 is 0. The van der Waals surface area contributed by atoms with Gasteiger partial charge in [0.15, 0.2) is 0 Å². The van der Waals surface area contributed by atoms with E-state index in [2.05, 4.69) is 10.6 Å². The van der Waals surface area contributed by atoms with Gasteiger partial charge in [0.1, 0.15) is 12.1 Å². The number of carboxylic acids is 1. The van der Waals surface area contributed by atoms with E-state index in [0.29, 0.717) is 6.42 Å². The second kappa shape index (κ2) is 9.78. The quantitative estimate of drug-likeness (QED) is 0.522. The summed E-state index contributed by atoms with van der Waals surface area (Å²) in [6, 6.07) is 6.50. The average molecular weight is 349 g/mol. The topological polar surface area (TPSA) is 122 Å². The first-order chi connectivity index (χ1) is 11.8. The van der Waals surface area contributed by atoms with Gasteiger partial charge in [-0.05, 0) is 18.4 Å². The first-order valence-corrected chi connectivity index (χ1v) is 8.39. The largest absolute Gasteiger partial charge is 0.480 e. The van der Waals surface area contributed by atoms with Crippen LogP contribution in [0.25, 0.3) is 0 Å². The van der Waals surface area contributed by atoms with Crippen LogP contribution in [0.3, 0.4) is 0 Å². The second-order valence-electron chi connectivity index (χ2n) is 6.25. The fraction of sp³-hybridized carbons (Fsp3) is 0.500. The number of aliphatic carboxylic acids is 1. The number of rotatable bonds is 9. The summed E-state index contributed by atoms with van der Waals surface area (Å²) in [5, 5.41) is 14.5. The molecule has 1 aromatic carbocycles. The van der Waals surface area contributed by atoms with Crippen LogP contribution in [0.4, 0.5) is 0 Å². The van der Waals surface area contributed by atoms with Crippen LogP contribution in [0.15, 0.2) is 30.3 Å². The Morgan fingerprint density at radius 2 is 1.68 bits per heavy atom. The number of carboxylic acid groups (broad SMARTS) is 1. The van der Waals surface area contributed by atoms with Crippen LogP contribution < -0.4 is 16.4 Å². The molecule has 0 aliphatic carbocycles. The minimum atomic E-state index is -1.10. The summed E-state index contributed by atoms with van der Waals surface area (Å²) in [7, 11) is 0. The van der Waals surface area contributed by atoms with Gasteiger partial charge in [0.2, 0.25) is 11.8 Å². The molecule has 25 heavy (non-hydrogen) atoms. The summed E-state index contributed by atoms with van der Waals surface area (Å²) in [5.41, 5.74) is 6.41. The molecule has 5 N–H and O–H groups in total. The van der Waals surface area contributed by atoms with Crippen molar-refractivity contribution in [2.24, 2.45) is 11.7 Å². The molecule has 0 saturated heterocycles. The van der Waals surface area contributed by atoms with Crippen molar-refractivity contribution in [1.29, 1.82) is 0 Å². The molecule has 138 valence electrons. The van der Waals surface area contributed by atoms with Crippen LogP contribution in [-0.4, -0.2) is 41.0 Å². The summed E-state index contributed by atoms with van der Waals surface area (Å²) < 4.78 is 0. The lowest BCUT2D eigenvalue weighted by molar-refractivity contribution is -0.143. The third kappa shape index (κ3) is 6.54. The van der Waals surface area contributed by atoms with Gasteiger partial charge in [-0.25, -0.2) is 4.79 Å². The molecule has 7 nitrogen and oxygen atoms in total. The van der Waals surface area contributed by atoms with Crippen LogP contribution in [0.5, 0.6) is 0 Å². The zero-order valence-electron chi connectivity index (χ0n) is 14.9. The van der Waals surface area contributed by atoms with E-state index in [-0.39, 0.29) is 12.3 Å². The highest BCUT2D eigenvalue weighted by Gasteiger charge is 2.30. The molecule has 0 aliphatic rings. The maximum absolute atomic E-state index is 12.6. The predicted molar refractivity (Wildman–Crippen MR) is 94.7 cm³/mol. The molecule has 4 atom stereocenters. The lowest BCUT2D eigenvalue weighted by atomic mass is 9.98. The Morgan fingerprint density at radius 1 is 1.08 bits per heavy atom. The van der Waals surface area contributed by atoms with Gasteiger partial charge in [0, 0.05) is 6.42 Å². The molecule has 0 spiro atoms. The smallest absolute Gasteiger partial charge is 0.326 e. The van der Waals surface area contributed by atoms with E-state index in [0.717, 1.165) is 5.56 Å². The van der Waals surface area contributed by atoms with Crippen molar-refractivity contribution in [1.82, 2.24) is 10.6 Å². The highest BCUT2D eigenvalue weighted by molar-refractivity contribution is 5.91. The van der Waals surface area contributed by atoms with Crippen molar-refractivity contribution in [3.8, 4) is 0 Å². The maximum Gasteiger partial charge on any atom is 0.326 e. The highest BCUT2D eigenvalue weighted by Crippen LogP contribution is 2.10. The van der Waals surface area contributed by atoms with Crippen LogP contribution >= 0.6 is 0 Å². The highest BCUT2D eigenvalue weighted by atomic mass is 16.4. The van der Waals surface area contributed by atoms with Crippen molar-refractivity contribution < 1.29 is 19.5 Å². The first-order valence-electron chi connectivity index (χ1n) is 8.39. The summed E-state index contributed by atoms with van der Waals surface area (Å²) in [6.45, 7) is 5.13. The van der Waals surface area contributed by atoms with E-state index in [1.54, 1.807) is 6.92 Å². The van der Waals surface area contributed by atoms with Crippen molar-refractivity contribution >= 4 is 17.8 Å². The van der Waals surface area contributed by atoms with E-state index in [1.807, 2.05) is 37.3 Å². The fourth-order valence-corrected chi connectivity index (χ4v) is 2.30. The lowest BCUT2D eigenvalue weighted by Gasteiger charge is -2.25. The average Bonchev–Trinajstić information content (AvgIpc) is 2.58. The number of nitrogens with two attached hydrogens (primary N) is 1. The Hall–Kier alpha value is -2.41. The molecule has 0 radical (unpaired) electrons. The predicted octanol–water partition coefficient (Wildman–Crippen LogP) is 0.677. The molecular formula is C18H27N3O4. The lowest BCUT2D eigenvalue weighted by Crippen LogP contribution is -2.56. The molecule has 0 heterocycles. The number of carbonyl (C=O) groups excluding carboxylic acids is 2. The van der Waals surface area contributed by atoms with Crippen molar-refractivity contribution in [2.75, 3.05) is 0 Å². The van der Waals surface area contributed by atoms with E-state index in [1.165, 1.54) is 6.92 Å². The second-order valence-corrected chi connectivity index (χ2v) is 6.25. The Labute approximate surface area is 148 Å². The van der Waals surface area contributed by atoms with Gasteiger partial charge < -0.3 is 21.5 Å². The number of hydrogen-bond donors (Lipinski definition) is 4. The molecule has 1 rings (SSSR count). The van der Waals surface area contributed by atoms with Gasteiger partial charge >= 0.3 is 5.97 Å².